The molecule has 0 spiro atoms. The highest BCUT2D eigenvalue weighted by Gasteiger charge is 2.29. The summed E-state index contributed by atoms with van der Waals surface area (Å²) in [5.41, 5.74) is 2.07. The largest absolute Gasteiger partial charge is 0.312 e. The van der Waals surface area contributed by atoms with E-state index in [9.17, 15) is 9.18 Å². The molecule has 1 heterocycles. The third-order valence-electron chi connectivity index (χ3n) is 3.71. The topological polar surface area (TPSA) is 29.1 Å². The molecule has 21 heavy (non-hydrogen) atoms. The van der Waals surface area contributed by atoms with Gasteiger partial charge in [0.2, 0.25) is 0 Å². The maximum absolute atomic E-state index is 14.2. The van der Waals surface area contributed by atoms with E-state index in [2.05, 4.69) is 21.2 Å². The Labute approximate surface area is 135 Å². The van der Waals surface area contributed by atoms with Crippen LogP contribution in [0.1, 0.15) is 27.4 Å². The molecule has 1 atom stereocenters. The summed E-state index contributed by atoms with van der Waals surface area (Å²) in [6, 6.07) is 10.8. The minimum Gasteiger partial charge on any atom is -0.312 e. The lowest BCUT2D eigenvalue weighted by Crippen LogP contribution is -2.33. The van der Waals surface area contributed by atoms with E-state index in [1.54, 1.807) is 6.07 Å². The highest BCUT2D eigenvalue weighted by molar-refractivity contribution is 9.10. The minimum absolute atomic E-state index is 0.0340. The number of carbonyl (C=O) groups excluding carboxylic acids is 1. The van der Waals surface area contributed by atoms with Crippen LogP contribution in [0.2, 0.25) is 5.02 Å². The molecule has 0 fully saturated rings. The first-order chi connectivity index (χ1) is 10.1. The quantitative estimate of drug-likeness (QED) is 0.632. The van der Waals surface area contributed by atoms with Gasteiger partial charge in [0.15, 0.2) is 11.6 Å². The third kappa shape index (κ3) is 2.63. The summed E-state index contributed by atoms with van der Waals surface area (Å²) < 4.78 is 14.7. The first kappa shape index (κ1) is 14.7. The third-order valence-corrected chi connectivity index (χ3v) is 4.97. The van der Waals surface area contributed by atoms with Crippen molar-refractivity contribution >= 4 is 33.3 Å². The summed E-state index contributed by atoms with van der Waals surface area (Å²) in [6.07, 6.45) is 0. The second-order valence-electron chi connectivity index (χ2n) is 4.97. The zero-order valence-corrected chi connectivity index (χ0v) is 13.3. The molecular weight excluding hydrogens is 357 g/mol. The van der Waals surface area contributed by atoms with E-state index in [-0.39, 0.29) is 22.3 Å². The Morgan fingerprint density at radius 3 is 2.86 bits per heavy atom. The summed E-state index contributed by atoms with van der Waals surface area (Å²) in [4.78, 5) is 12.7. The average molecular weight is 369 g/mol. The Hall–Kier alpha value is -1.23. The van der Waals surface area contributed by atoms with Gasteiger partial charge in [-0.15, -0.1) is 0 Å². The van der Waals surface area contributed by atoms with Crippen molar-refractivity contribution in [3.8, 4) is 0 Å². The molecule has 1 unspecified atom stereocenters. The SMILES string of the molecule is O=C(c1ccc(Br)c(Cl)c1F)C1CNCc2ccccc21. The van der Waals surface area contributed by atoms with Crippen LogP contribution in [-0.2, 0) is 6.54 Å². The van der Waals surface area contributed by atoms with Crippen LogP contribution in [0.4, 0.5) is 4.39 Å². The Morgan fingerprint density at radius 1 is 1.29 bits per heavy atom. The predicted octanol–water partition coefficient (Wildman–Crippen LogP) is 4.31. The van der Waals surface area contributed by atoms with Crippen LogP contribution >= 0.6 is 27.5 Å². The van der Waals surface area contributed by atoms with Gasteiger partial charge in [-0.2, -0.15) is 0 Å². The molecule has 0 aliphatic carbocycles. The van der Waals surface area contributed by atoms with Crippen LogP contribution in [-0.4, -0.2) is 12.3 Å². The van der Waals surface area contributed by atoms with Gasteiger partial charge in [-0.05, 0) is 39.2 Å². The van der Waals surface area contributed by atoms with Crippen LogP contribution in [0.5, 0.6) is 0 Å². The van der Waals surface area contributed by atoms with Crippen LogP contribution < -0.4 is 5.32 Å². The summed E-state index contributed by atoms with van der Waals surface area (Å²) in [5, 5.41) is 3.14. The highest BCUT2D eigenvalue weighted by Crippen LogP contribution is 2.32. The molecule has 1 aliphatic heterocycles. The number of rotatable bonds is 2. The number of Topliss-reactive ketones (excluding diaryl/α,β-unsaturated/α-hetero) is 1. The van der Waals surface area contributed by atoms with Crippen molar-refractivity contribution in [3.05, 3.63) is 68.4 Å². The second-order valence-corrected chi connectivity index (χ2v) is 6.20. The van der Waals surface area contributed by atoms with E-state index in [1.165, 1.54) is 6.07 Å². The van der Waals surface area contributed by atoms with Crippen LogP contribution in [0.3, 0.4) is 0 Å². The minimum atomic E-state index is -0.668. The number of benzene rings is 2. The summed E-state index contributed by atoms with van der Waals surface area (Å²) in [5.74, 6) is -1.30. The van der Waals surface area contributed by atoms with Gasteiger partial charge in [0.05, 0.1) is 16.5 Å². The monoisotopic (exact) mass is 367 g/mol. The molecule has 0 radical (unpaired) electrons. The van der Waals surface area contributed by atoms with Gasteiger partial charge < -0.3 is 5.32 Å². The van der Waals surface area contributed by atoms with Crippen LogP contribution in [0.15, 0.2) is 40.9 Å². The molecule has 2 aromatic rings. The van der Waals surface area contributed by atoms with E-state index in [0.717, 1.165) is 17.7 Å². The van der Waals surface area contributed by atoms with Gasteiger partial charge in [0.1, 0.15) is 0 Å². The van der Waals surface area contributed by atoms with Crippen molar-refractivity contribution < 1.29 is 9.18 Å². The van der Waals surface area contributed by atoms with Gasteiger partial charge >= 0.3 is 0 Å². The number of fused-ring (bicyclic) bond motifs is 1. The summed E-state index contributed by atoms with van der Waals surface area (Å²) in [6.45, 7) is 1.23. The first-order valence-electron chi connectivity index (χ1n) is 6.56. The standard InChI is InChI=1S/C16H12BrClFNO/c17-13-6-5-11(15(19)14(13)18)16(21)12-8-20-7-9-3-1-2-4-10(9)12/h1-6,12,20H,7-8H2. The fraction of sp³-hybridized carbons (Fsp3) is 0.188. The van der Waals surface area contributed by atoms with E-state index >= 15 is 0 Å². The van der Waals surface area contributed by atoms with Crippen molar-refractivity contribution in [3.63, 3.8) is 0 Å². The van der Waals surface area contributed by atoms with E-state index in [4.69, 9.17) is 11.6 Å². The Morgan fingerprint density at radius 2 is 2.05 bits per heavy atom. The molecule has 0 saturated heterocycles. The fourth-order valence-electron chi connectivity index (χ4n) is 2.63. The van der Waals surface area contributed by atoms with E-state index in [1.807, 2.05) is 24.3 Å². The summed E-state index contributed by atoms with van der Waals surface area (Å²) in [7, 11) is 0. The molecule has 1 aliphatic rings. The zero-order chi connectivity index (χ0) is 15.0. The molecular formula is C16H12BrClFNO. The molecule has 5 heteroatoms. The summed E-state index contributed by atoms with van der Waals surface area (Å²) >= 11 is 9.03. The molecule has 2 nitrogen and oxygen atoms in total. The number of ketones is 1. The molecule has 0 aromatic heterocycles. The number of carbonyl (C=O) groups is 1. The number of hydrogen-bond donors (Lipinski definition) is 1. The molecule has 0 bridgehead atoms. The molecule has 0 amide bonds. The lowest BCUT2D eigenvalue weighted by Gasteiger charge is -2.25. The van der Waals surface area contributed by atoms with Crippen molar-refractivity contribution in [2.24, 2.45) is 0 Å². The lowest BCUT2D eigenvalue weighted by molar-refractivity contribution is 0.0951. The zero-order valence-electron chi connectivity index (χ0n) is 11.0. The van der Waals surface area contributed by atoms with Crippen LogP contribution in [0.25, 0.3) is 0 Å². The van der Waals surface area contributed by atoms with Crippen molar-refractivity contribution in [2.75, 3.05) is 6.54 Å². The normalized spacial score (nSPS) is 17.4. The fourth-order valence-corrected chi connectivity index (χ4v) is 3.11. The first-order valence-corrected chi connectivity index (χ1v) is 7.73. The van der Waals surface area contributed by atoms with Gasteiger partial charge in [-0.1, -0.05) is 35.9 Å². The number of nitrogens with one attached hydrogen (secondary N) is 1. The van der Waals surface area contributed by atoms with Gasteiger partial charge in [-0.3, -0.25) is 4.79 Å². The smallest absolute Gasteiger partial charge is 0.174 e. The van der Waals surface area contributed by atoms with Gasteiger partial charge in [0, 0.05) is 17.6 Å². The molecule has 1 N–H and O–H groups in total. The maximum atomic E-state index is 14.2. The van der Waals surface area contributed by atoms with Crippen molar-refractivity contribution in [1.82, 2.24) is 5.32 Å². The van der Waals surface area contributed by atoms with Crippen molar-refractivity contribution in [2.45, 2.75) is 12.5 Å². The lowest BCUT2D eigenvalue weighted by atomic mass is 9.85. The molecule has 2 aromatic carbocycles. The maximum Gasteiger partial charge on any atom is 0.174 e. The Bertz CT molecular complexity index is 719. The van der Waals surface area contributed by atoms with Crippen LogP contribution in [0, 0.1) is 5.82 Å². The van der Waals surface area contributed by atoms with Crippen molar-refractivity contribution in [1.29, 1.82) is 0 Å². The average Bonchev–Trinajstić information content (AvgIpc) is 2.51. The Kier molecular flexibility index (Phi) is 4.11. The van der Waals surface area contributed by atoms with Gasteiger partial charge in [-0.25, -0.2) is 4.39 Å². The Balaban J connectivity index is 2.03. The van der Waals surface area contributed by atoms with E-state index < -0.39 is 5.82 Å². The van der Waals surface area contributed by atoms with E-state index in [0.29, 0.717) is 11.0 Å². The highest BCUT2D eigenvalue weighted by atomic mass is 79.9. The molecule has 0 saturated carbocycles. The second kappa shape index (κ2) is 5.87. The number of halogens is 3. The predicted molar refractivity (Wildman–Crippen MR) is 84.3 cm³/mol. The molecule has 108 valence electrons. The molecule has 3 rings (SSSR count). The van der Waals surface area contributed by atoms with Gasteiger partial charge in [0.25, 0.3) is 0 Å². The number of hydrogen-bond acceptors (Lipinski definition) is 2.